The van der Waals surface area contributed by atoms with Gasteiger partial charge in [0.1, 0.15) is 4.75 Å². The molecule has 1 fully saturated rings. The molecule has 1 atom stereocenters. The maximum Gasteiger partial charge on any atom is 0.158 e. The first-order valence-corrected chi connectivity index (χ1v) is 6.91. The third-order valence-corrected chi connectivity index (χ3v) is 5.13. The summed E-state index contributed by atoms with van der Waals surface area (Å²) in [4.78, 5) is 0. The summed E-state index contributed by atoms with van der Waals surface area (Å²) >= 11 is 0. The molecule has 0 amide bonds. The first kappa shape index (κ1) is 10.6. The summed E-state index contributed by atoms with van der Waals surface area (Å²) in [5.41, 5.74) is 0.900. The molecule has 1 unspecified atom stereocenters. The number of rotatable bonds is 2. The van der Waals surface area contributed by atoms with Gasteiger partial charge < -0.3 is 5.32 Å². The van der Waals surface area contributed by atoms with Gasteiger partial charge in [-0.15, -0.1) is 0 Å². The lowest BCUT2D eigenvalue weighted by Crippen LogP contribution is -2.37. The Kier molecular flexibility index (Phi) is 2.56. The molecule has 1 aliphatic rings. The molecule has 1 saturated heterocycles. The predicted octanol–water partition coefficient (Wildman–Crippen LogP) is 0.920. The Labute approximate surface area is 90.4 Å². The third kappa shape index (κ3) is 1.68. The minimum atomic E-state index is -3.08. The normalized spacial score (nSPS) is 26.7. The number of hydrogen-bond donors (Lipinski definition) is 1. The van der Waals surface area contributed by atoms with Gasteiger partial charge in [0.25, 0.3) is 0 Å². The van der Waals surface area contributed by atoms with Crippen LogP contribution in [0, 0.1) is 0 Å². The van der Waals surface area contributed by atoms with E-state index in [1.807, 2.05) is 30.3 Å². The quantitative estimate of drug-likeness (QED) is 0.814. The van der Waals surface area contributed by atoms with Crippen LogP contribution in [0.15, 0.2) is 30.3 Å². The Bertz CT molecular complexity index is 433. The van der Waals surface area contributed by atoms with Crippen LogP contribution in [0.5, 0.6) is 0 Å². The monoisotopic (exact) mass is 225 g/mol. The molecule has 3 nitrogen and oxygen atoms in total. The summed E-state index contributed by atoms with van der Waals surface area (Å²) in [6.45, 7) is 1.29. The van der Waals surface area contributed by atoms with Crippen LogP contribution in [0.2, 0.25) is 0 Å². The van der Waals surface area contributed by atoms with Gasteiger partial charge in [0, 0.05) is 12.8 Å². The standard InChI is InChI=1S/C11H15NO2S/c1-15(13,14)11(7-8-12-9-11)10-5-3-2-4-6-10/h2-6,12H,7-9H2,1H3. The van der Waals surface area contributed by atoms with Crippen molar-refractivity contribution >= 4 is 9.84 Å². The van der Waals surface area contributed by atoms with Crippen LogP contribution in [0.25, 0.3) is 0 Å². The Morgan fingerprint density at radius 3 is 2.40 bits per heavy atom. The Morgan fingerprint density at radius 1 is 1.27 bits per heavy atom. The van der Waals surface area contributed by atoms with Crippen molar-refractivity contribution in [1.82, 2.24) is 5.32 Å². The highest BCUT2D eigenvalue weighted by Gasteiger charge is 2.44. The van der Waals surface area contributed by atoms with Crippen LogP contribution in [0.1, 0.15) is 12.0 Å². The smallest absolute Gasteiger partial charge is 0.158 e. The number of benzene rings is 1. The fourth-order valence-electron chi connectivity index (χ4n) is 2.19. The van der Waals surface area contributed by atoms with E-state index in [4.69, 9.17) is 0 Å². The number of hydrogen-bond acceptors (Lipinski definition) is 3. The second-order valence-corrected chi connectivity index (χ2v) is 6.39. The van der Waals surface area contributed by atoms with Crippen LogP contribution < -0.4 is 5.32 Å². The molecular formula is C11H15NO2S. The molecule has 0 saturated carbocycles. The zero-order valence-corrected chi connectivity index (χ0v) is 9.55. The Balaban J connectivity index is 2.54. The predicted molar refractivity (Wildman–Crippen MR) is 60.5 cm³/mol. The second-order valence-electron chi connectivity index (χ2n) is 4.06. The average Bonchev–Trinajstić information content (AvgIpc) is 2.68. The van der Waals surface area contributed by atoms with Crippen molar-refractivity contribution in [3.05, 3.63) is 35.9 Å². The second kappa shape index (κ2) is 3.61. The van der Waals surface area contributed by atoms with Gasteiger partial charge in [-0.2, -0.15) is 0 Å². The number of sulfone groups is 1. The SMILES string of the molecule is CS(=O)(=O)C1(c2ccccc2)CCNC1. The zero-order chi connectivity index (χ0) is 10.9. The lowest BCUT2D eigenvalue weighted by molar-refractivity contribution is 0.543. The molecule has 2 rings (SSSR count). The summed E-state index contributed by atoms with van der Waals surface area (Å²) in [6, 6.07) is 9.48. The van der Waals surface area contributed by atoms with Gasteiger partial charge in [-0.1, -0.05) is 30.3 Å². The van der Waals surface area contributed by atoms with Crippen LogP contribution in [-0.2, 0) is 14.6 Å². The molecule has 82 valence electrons. The lowest BCUT2D eigenvalue weighted by atomic mass is 9.97. The summed E-state index contributed by atoms with van der Waals surface area (Å²) in [5, 5.41) is 3.14. The molecule has 0 radical (unpaired) electrons. The average molecular weight is 225 g/mol. The van der Waals surface area contributed by atoms with Gasteiger partial charge in [0.2, 0.25) is 0 Å². The molecule has 1 heterocycles. The van der Waals surface area contributed by atoms with Crippen LogP contribution in [0.4, 0.5) is 0 Å². The minimum Gasteiger partial charge on any atom is -0.315 e. The molecule has 1 aliphatic heterocycles. The van der Waals surface area contributed by atoms with Crippen molar-refractivity contribution in [2.45, 2.75) is 11.2 Å². The highest BCUT2D eigenvalue weighted by molar-refractivity contribution is 7.91. The van der Waals surface area contributed by atoms with Gasteiger partial charge in [-0.25, -0.2) is 8.42 Å². The van der Waals surface area contributed by atoms with Crippen molar-refractivity contribution in [3.63, 3.8) is 0 Å². The largest absolute Gasteiger partial charge is 0.315 e. The molecule has 0 spiro atoms. The van der Waals surface area contributed by atoms with Crippen LogP contribution >= 0.6 is 0 Å². The molecule has 1 aromatic rings. The molecule has 1 aromatic carbocycles. The fraction of sp³-hybridized carbons (Fsp3) is 0.455. The van der Waals surface area contributed by atoms with E-state index in [1.165, 1.54) is 6.26 Å². The van der Waals surface area contributed by atoms with E-state index in [2.05, 4.69) is 5.32 Å². The molecule has 15 heavy (non-hydrogen) atoms. The van der Waals surface area contributed by atoms with Crippen LogP contribution in [-0.4, -0.2) is 27.8 Å². The molecule has 4 heteroatoms. The summed E-state index contributed by atoms with van der Waals surface area (Å²) < 4.78 is 23.1. The fourth-order valence-corrected chi connectivity index (χ4v) is 3.59. The number of nitrogens with one attached hydrogen (secondary N) is 1. The van der Waals surface area contributed by atoms with Crippen molar-refractivity contribution in [2.75, 3.05) is 19.3 Å². The Morgan fingerprint density at radius 2 is 1.93 bits per heavy atom. The topological polar surface area (TPSA) is 46.2 Å². The summed E-state index contributed by atoms with van der Waals surface area (Å²) in [5.74, 6) is 0. The molecule has 0 aliphatic carbocycles. The van der Waals surface area contributed by atoms with E-state index in [1.54, 1.807) is 0 Å². The van der Waals surface area contributed by atoms with Crippen molar-refractivity contribution in [1.29, 1.82) is 0 Å². The first-order chi connectivity index (χ1) is 7.06. The maximum atomic E-state index is 11.9. The third-order valence-electron chi connectivity index (χ3n) is 3.13. The van der Waals surface area contributed by atoms with Gasteiger partial charge >= 0.3 is 0 Å². The van der Waals surface area contributed by atoms with Gasteiger partial charge in [-0.3, -0.25) is 0 Å². The van der Waals surface area contributed by atoms with Crippen molar-refractivity contribution < 1.29 is 8.42 Å². The first-order valence-electron chi connectivity index (χ1n) is 5.02. The van der Waals surface area contributed by atoms with E-state index in [0.717, 1.165) is 12.1 Å². The van der Waals surface area contributed by atoms with Crippen LogP contribution in [0.3, 0.4) is 0 Å². The molecule has 0 bridgehead atoms. The molecular weight excluding hydrogens is 210 g/mol. The van der Waals surface area contributed by atoms with E-state index in [0.29, 0.717) is 13.0 Å². The highest BCUT2D eigenvalue weighted by atomic mass is 32.2. The zero-order valence-electron chi connectivity index (χ0n) is 8.73. The molecule has 0 aromatic heterocycles. The minimum absolute atomic E-state index is 0.524. The highest BCUT2D eigenvalue weighted by Crippen LogP contribution is 2.35. The van der Waals surface area contributed by atoms with E-state index < -0.39 is 14.6 Å². The van der Waals surface area contributed by atoms with Crippen molar-refractivity contribution in [3.8, 4) is 0 Å². The maximum absolute atomic E-state index is 11.9. The summed E-state index contributed by atoms with van der Waals surface area (Å²) in [7, 11) is -3.08. The Hall–Kier alpha value is -0.870. The van der Waals surface area contributed by atoms with Gasteiger partial charge in [-0.05, 0) is 18.5 Å². The van der Waals surface area contributed by atoms with Gasteiger partial charge in [0.05, 0.1) is 0 Å². The van der Waals surface area contributed by atoms with Gasteiger partial charge in [0.15, 0.2) is 9.84 Å². The van der Waals surface area contributed by atoms with E-state index >= 15 is 0 Å². The van der Waals surface area contributed by atoms with E-state index in [9.17, 15) is 8.42 Å². The van der Waals surface area contributed by atoms with Crippen molar-refractivity contribution in [2.24, 2.45) is 0 Å². The van der Waals surface area contributed by atoms with E-state index in [-0.39, 0.29) is 0 Å². The summed E-state index contributed by atoms with van der Waals surface area (Å²) in [6.07, 6.45) is 1.99. The molecule has 1 N–H and O–H groups in total. The lowest BCUT2D eigenvalue weighted by Gasteiger charge is -2.26.